The topological polar surface area (TPSA) is 97.6 Å². The molecule has 0 aliphatic carbocycles. The van der Waals surface area contributed by atoms with Gasteiger partial charge in [0.15, 0.2) is 6.54 Å². The van der Waals surface area contributed by atoms with Crippen LogP contribution in [0.5, 0.6) is 0 Å². The molecule has 33 heavy (non-hydrogen) atoms. The van der Waals surface area contributed by atoms with Crippen molar-refractivity contribution in [2.45, 2.75) is 19.5 Å². The van der Waals surface area contributed by atoms with Crippen LogP contribution in [0.2, 0.25) is 0 Å². The van der Waals surface area contributed by atoms with Crippen molar-refractivity contribution < 1.29 is 14.1 Å². The number of imide groups is 1. The Morgan fingerprint density at radius 3 is 2.06 bits per heavy atom. The van der Waals surface area contributed by atoms with E-state index in [1.807, 2.05) is 57.5 Å². The molecule has 0 aromatic heterocycles. The van der Waals surface area contributed by atoms with Crippen LogP contribution in [-0.4, -0.2) is 61.8 Å². The van der Waals surface area contributed by atoms with Crippen molar-refractivity contribution in [3.63, 3.8) is 0 Å². The van der Waals surface area contributed by atoms with Crippen LogP contribution in [0.15, 0.2) is 65.8 Å². The van der Waals surface area contributed by atoms with Crippen molar-refractivity contribution in [2.24, 2.45) is 11.0 Å². The average Bonchev–Trinajstić information content (AvgIpc) is 2.74. The normalized spacial score (nSPS) is 12.3. The predicted molar refractivity (Wildman–Crippen MR) is 129 cm³/mol. The number of amides is 3. The summed E-state index contributed by atoms with van der Waals surface area (Å²) in [7, 11) is 5.58. The first-order valence-electron chi connectivity index (χ1n) is 10.9. The average molecular weight is 450 g/mol. The van der Waals surface area contributed by atoms with Crippen LogP contribution in [-0.2, 0) is 17.9 Å². The Morgan fingerprint density at radius 2 is 1.58 bits per heavy atom. The lowest BCUT2D eigenvalue weighted by atomic mass is 10.1. The van der Waals surface area contributed by atoms with E-state index in [9.17, 15) is 14.9 Å². The maximum Gasteiger partial charge on any atom is 0.341 e. The number of quaternary nitrogens is 1. The molecule has 8 heteroatoms. The molecule has 0 aliphatic heterocycles. The molecule has 0 spiro atoms. The zero-order chi connectivity index (χ0) is 24.1. The van der Waals surface area contributed by atoms with Gasteiger partial charge < -0.3 is 4.48 Å². The Balaban J connectivity index is 2.00. The number of rotatable bonds is 11. The highest BCUT2D eigenvalue weighted by Crippen LogP contribution is 2.13. The first-order valence-corrected chi connectivity index (χ1v) is 10.9. The van der Waals surface area contributed by atoms with Gasteiger partial charge in [0, 0.05) is 38.2 Å². The van der Waals surface area contributed by atoms with Crippen molar-refractivity contribution in [1.29, 1.82) is 5.26 Å². The molecule has 2 N–H and O–H groups in total. The van der Waals surface area contributed by atoms with Gasteiger partial charge in [-0.2, -0.15) is 10.4 Å². The fourth-order valence-electron chi connectivity index (χ4n) is 3.31. The molecule has 0 aliphatic rings. The smallest absolute Gasteiger partial charge is 0.323 e. The number of urea groups is 1. The summed E-state index contributed by atoms with van der Waals surface area (Å²) in [5.41, 5.74) is 4.68. The van der Waals surface area contributed by atoms with Crippen LogP contribution in [0.3, 0.4) is 0 Å². The molecule has 0 radical (unpaired) electrons. The fourth-order valence-corrected chi connectivity index (χ4v) is 3.31. The van der Waals surface area contributed by atoms with Crippen LogP contribution in [0.1, 0.15) is 17.5 Å². The van der Waals surface area contributed by atoms with Gasteiger partial charge in [-0.15, -0.1) is 0 Å². The third-order valence-electron chi connectivity index (χ3n) is 4.67. The zero-order valence-electron chi connectivity index (χ0n) is 19.6. The lowest BCUT2D eigenvalue weighted by Crippen LogP contribution is -2.47. The van der Waals surface area contributed by atoms with Gasteiger partial charge in [-0.05, 0) is 11.1 Å². The van der Waals surface area contributed by atoms with E-state index in [-0.39, 0.29) is 24.8 Å². The van der Waals surface area contributed by atoms with Gasteiger partial charge in [0.25, 0.3) is 5.91 Å². The number of nitrogens with zero attached hydrogens (tertiary/aromatic N) is 4. The van der Waals surface area contributed by atoms with E-state index in [4.69, 9.17) is 0 Å². The number of hydrogen-bond acceptors (Lipinski definition) is 5. The van der Waals surface area contributed by atoms with Gasteiger partial charge in [0.05, 0.1) is 27.2 Å². The highest BCUT2D eigenvalue weighted by Gasteiger charge is 2.17. The van der Waals surface area contributed by atoms with Crippen LogP contribution < -0.4 is 10.7 Å². The zero-order valence-corrected chi connectivity index (χ0v) is 19.6. The van der Waals surface area contributed by atoms with Gasteiger partial charge in [-0.3, -0.25) is 15.0 Å². The van der Waals surface area contributed by atoms with Crippen molar-refractivity contribution in [2.75, 3.05) is 34.2 Å². The Labute approximate surface area is 196 Å². The van der Waals surface area contributed by atoms with Crippen molar-refractivity contribution in [3.8, 4) is 6.07 Å². The second kappa shape index (κ2) is 13.1. The molecule has 0 fully saturated rings. The van der Waals surface area contributed by atoms with Gasteiger partial charge in [-0.1, -0.05) is 60.7 Å². The summed E-state index contributed by atoms with van der Waals surface area (Å²) in [6, 6.07) is 21.8. The number of carbonyl (C=O) groups is 2. The minimum absolute atomic E-state index is 0.169. The first-order chi connectivity index (χ1) is 15.7. The van der Waals surface area contributed by atoms with E-state index in [0.29, 0.717) is 11.0 Å². The van der Waals surface area contributed by atoms with E-state index < -0.39 is 6.03 Å². The number of likely N-dealkylation sites (N-methyl/N-ethyl adjacent to an activating group) is 1. The summed E-state index contributed by atoms with van der Waals surface area (Å²) < 4.78 is 0.408. The second-order valence-electron chi connectivity index (χ2n) is 8.98. The molecule has 0 saturated heterocycles. The maximum absolute atomic E-state index is 11.9. The first kappa shape index (κ1) is 25.7. The van der Waals surface area contributed by atoms with E-state index in [1.54, 1.807) is 6.21 Å². The molecular formula is C25H33N6O2+. The van der Waals surface area contributed by atoms with Crippen molar-refractivity contribution >= 4 is 18.2 Å². The predicted octanol–water partition coefficient (Wildman–Crippen LogP) is 2.74. The number of benzene rings is 2. The fraction of sp³-hybridized carbons (Fsp3) is 0.360. The largest absolute Gasteiger partial charge is 0.341 e. The molecule has 2 aromatic carbocycles. The van der Waals surface area contributed by atoms with E-state index in [0.717, 1.165) is 13.1 Å². The summed E-state index contributed by atoms with van der Waals surface area (Å²) in [6.45, 7) is 2.20. The SMILES string of the molecule is C[N+](C)(C)CC(=O)NC(=O)N/N=C/[C@H](CC#N)CN(Cc1ccccc1)Cc1ccccc1. The summed E-state index contributed by atoms with van der Waals surface area (Å²) in [4.78, 5) is 26.1. The summed E-state index contributed by atoms with van der Waals surface area (Å²) in [5, 5.41) is 15.5. The van der Waals surface area contributed by atoms with Crippen LogP contribution >= 0.6 is 0 Å². The molecule has 174 valence electrons. The van der Waals surface area contributed by atoms with E-state index in [2.05, 4.69) is 51.1 Å². The maximum atomic E-state index is 11.9. The Morgan fingerprint density at radius 1 is 1.03 bits per heavy atom. The highest BCUT2D eigenvalue weighted by molar-refractivity contribution is 5.94. The van der Waals surface area contributed by atoms with Gasteiger partial charge in [0.2, 0.25) is 0 Å². The monoisotopic (exact) mass is 449 g/mol. The standard InChI is InChI=1S/C25H32N6O2/c1-31(2,3)20-24(32)28-25(33)29-27-16-23(14-15-26)19-30(17-21-10-6-4-7-11-21)18-22-12-8-5-9-13-22/h4-13,16,23H,14,17-20H2,1-3H3,(H-,28,29,32,33)/p+1/b27-16+/t23-/m0/s1. The number of hydrogen-bond donors (Lipinski definition) is 2. The van der Waals surface area contributed by atoms with Crippen LogP contribution in [0.4, 0.5) is 4.79 Å². The number of carbonyl (C=O) groups excluding carboxylic acids is 2. The lowest BCUT2D eigenvalue weighted by molar-refractivity contribution is -0.862. The lowest BCUT2D eigenvalue weighted by Gasteiger charge is -2.25. The summed E-state index contributed by atoms with van der Waals surface area (Å²) >= 11 is 0. The van der Waals surface area contributed by atoms with Gasteiger partial charge in [0.1, 0.15) is 0 Å². The second-order valence-corrected chi connectivity index (χ2v) is 8.98. The Bertz CT molecular complexity index is 907. The molecule has 1 atom stereocenters. The number of nitriles is 1. The molecule has 3 amide bonds. The third-order valence-corrected chi connectivity index (χ3v) is 4.67. The van der Waals surface area contributed by atoms with E-state index >= 15 is 0 Å². The minimum Gasteiger partial charge on any atom is -0.323 e. The van der Waals surface area contributed by atoms with Crippen molar-refractivity contribution in [1.82, 2.24) is 15.6 Å². The van der Waals surface area contributed by atoms with Gasteiger partial charge >= 0.3 is 6.03 Å². The summed E-state index contributed by atoms with van der Waals surface area (Å²) in [6.07, 6.45) is 1.82. The highest BCUT2D eigenvalue weighted by atomic mass is 16.2. The Kier molecular flexibility index (Phi) is 10.2. The quantitative estimate of drug-likeness (QED) is 0.313. The molecule has 0 unspecified atom stereocenters. The molecule has 2 rings (SSSR count). The third kappa shape index (κ3) is 11.1. The van der Waals surface area contributed by atoms with Gasteiger partial charge in [-0.25, -0.2) is 10.2 Å². The number of nitrogens with one attached hydrogen (secondary N) is 2. The molecule has 2 aromatic rings. The molecule has 0 bridgehead atoms. The molecule has 0 saturated carbocycles. The molecular weight excluding hydrogens is 416 g/mol. The minimum atomic E-state index is -0.689. The molecule has 0 heterocycles. The molecule has 8 nitrogen and oxygen atoms in total. The summed E-state index contributed by atoms with van der Waals surface area (Å²) in [5.74, 6) is -0.578. The van der Waals surface area contributed by atoms with Crippen LogP contribution in [0.25, 0.3) is 0 Å². The van der Waals surface area contributed by atoms with E-state index in [1.165, 1.54) is 11.1 Å². The van der Waals surface area contributed by atoms with Crippen molar-refractivity contribution in [3.05, 3.63) is 71.8 Å². The number of hydrazone groups is 1. The Hall–Kier alpha value is -3.54. The van der Waals surface area contributed by atoms with Crippen LogP contribution in [0, 0.1) is 17.2 Å².